The highest BCUT2D eigenvalue weighted by Crippen LogP contribution is 2.23. The van der Waals surface area contributed by atoms with Crippen molar-refractivity contribution >= 4 is 17.4 Å². The molecule has 3 rings (SSSR count). The van der Waals surface area contributed by atoms with Crippen molar-refractivity contribution in [3.05, 3.63) is 57.8 Å². The number of pyridine rings is 1. The fourth-order valence-electron chi connectivity index (χ4n) is 2.84. The molecule has 1 amide bonds. The Balaban J connectivity index is 1.63. The molecule has 0 spiro atoms. The minimum Gasteiger partial charge on any atom is -0.507 e. The van der Waals surface area contributed by atoms with E-state index in [0.29, 0.717) is 24.5 Å². The predicted octanol–water partition coefficient (Wildman–Crippen LogP) is 2.33. The van der Waals surface area contributed by atoms with E-state index in [2.05, 4.69) is 10.3 Å². The molecule has 2 aromatic rings. The molecule has 0 saturated carbocycles. The van der Waals surface area contributed by atoms with Crippen LogP contribution in [0.5, 0.6) is 5.75 Å². The number of phenols is 1. The Morgan fingerprint density at radius 1 is 1.40 bits per heavy atom. The molecule has 8 nitrogen and oxygen atoms in total. The third kappa shape index (κ3) is 3.68. The number of rotatable bonds is 4. The molecule has 0 aliphatic carbocycles. The minimum atomic E-state index is -0.499. The Kier molecular flexibility index (Phi) is 4.51. The molecule has 25 heavy (non-hydrogen) atoms. The number of nitro groups is 1. The molecule has 2 N–H and O–H groups in total. The fourth-order valence-corrected chi connectivity index (χ4v) is 2.84. The van der Waals surface area contributed by atoms with Crippen LogP contribution in [0.3, 0.4) is 0 Å². The third-order valence-corrected chi connectivity index (χ3v) is 4.17. The van der Waals surface area contributed by atoms with Crippen LogP contribution in [0, 0.1) is 17.0 Å². The molecule has 1 aromatic carbocycles. The Hall–Kier alpha value is -3.16. The molecule has 1 atom stereocenters. The van der Waals surface area contributed by atoms with E-state index in [0.717, 1.165) is 12.0 Å². The van der Waals surface area contributed by atoms with Crippen molar-refractivity contribution in [1.82, 2.24) is 9.88 Å². The van der Waals surface area contributed by atoms with Gasteiger partial charge in [-0.3, -0.25) is 14.9 Å². The second-order valence-corrected chi connectivity index (χ2v) is 6.06. The van der Waals surface area contributed by atoms with Crippen LogP contribution in [0.1, 0.15) is 22.3 Å². The number of aromatic nitrogens is 1. The lowest BCUT2D eigenvalue weighted by atomic mass is 10.1. The van der Waals surface area contributed by atoms with E-state index in [-0.39, 0.29) is 23.4 Å². The summed E-state index contributed by atoms with van der Waals surface area (Å²) in [6.45, 7) is 2.89. The van der Waals surface area contributed by atoms with Gasteiger partial charge in [-0.1, -0.05) is 6.07 Å². The van der Waals surface area contributed by atoms with Crippen molar-refractivity contribution in [2.75, 3.05) is 18.4 Å². The van der Waals surface area contributed by atoms with Gasteiger partial charge in [-0.15, -0.1) is 0 Å². The molecule has 2 heterocycles. The van der Waals surface area contributed by atoms with Gasteiger partial charge in [-0.25, -0.2) is 4.98 Å². The number of likely N-dealkylation sites (tertiary alicyclic amines) is 1. The minimum absolute atomic E-state index is 0.00509. The molecule has 1 saturated heterocycles. The molecule has 0 bridgehead atoms. The standard InChI is InChI=1S/C17H18N4O4/c1-11-2-4-14(15(22)8-11)17(23)20-7-6-12(10-20)19-16-5-3-13(9-18-16)21(24)25/h2-5,8-9,12,22H,6-7,10H2,1H3,(H,18,19). The van der Waals surface area contributed by atoms with Crippen molar-refractivity contribution in [3.63, 3.8) is 0 Å². The number of benzene rings is 1. The Bertz CT molecular complexity index is 807. The number of nitrogens with one attached hydrogen (secondary N) is 1. The summed E-state index contributed by atoms with van der Waals surface area (Å²) in [5.74, 6) is 0.306. The summed E-state index contributed by atoms with van der Waals surface area (Å²) >= 11 is 0. The van der Waals surface area contributed by atoms with Crippen molar-refractivity contribution in [2.45, 2.75) is 19.4 Å². The maximum atomic E-state index is 12.5. The first-order chi connectivity index (χ1) is 11.9. The van der Waals surface area contributed by atoms with Crippen molar-refractivity contribution in [1.29, 1.82) is 0 Å². The zero-order chi connectivity index (χ0) is 18.0. The summed E-state index contributed by atoms with van der Waals surface area (Å²) < 4.78 is 0. The lowest BCUT2D eigenvalue weighted by Gasteiger charge is -2.18. The molecule has 1 aromatic heterocycles. The normalized spacial score (nSPS) is 16.7. The van der Waals surface area contributed by atoms with Gasteiger partial charge in [0.2, 0.25) is 0 Å². The smallest absolute Gasteiger partial charge is 0.287 e. The van der Waals surface area contributed by atoms with E-state index in [1.807, 2.05) is 6.92 Å². The summed E-state index contributed by atoms with van der Waals surface area (Å²) in [4.78, 5) is 28.4. The number of aromatic hydroxyl groups is 1. The summed E-state index contributed by atoms with van der Waals surface area (Å²) in [6.07, 6.45) is 1.93. The number of aryl methyl sites for hydroxylation is 1. The van der Waals surface area contributed by atoms with Gasteiger partial charge < -0.3 is 15.3 Å². The first-order valence-corrected chi connectivity index (χ1v) is 7.90. The second kappa shape index (κ2) is 6.76. The van der Waals surface area contributed by atoms with Crippen LogP contribution in [-0.4, -0.2) is 45.0 Å². The number of hydrogen-bond acceptors (Lipinski definition) is 6. The van der Waals surface area contributed by atoms with E-state index < -0.39 is 4.92 Å². The highest BCUT2D eigenvalue weighted by molar-refractivity contribution is 5.97. The molecule has 0 radical (unpaired) electrons. The summed E-state index contributed by atoms with van der Waals surface area (Å²) in [5, 5.41) is 23.8. The first-order valence-electron chi connectivity index (χ1n) is 7.90. The van der Waals surface area contributed by atoms with Crippen LogP contribution < -0.4 is 5.32 Å². The topological polar surface area (TPSA) is 109 Å². The SMILES string of the molecule is Cc1ccc(C(=O)N2CCC(Nc3ccc([N+](=O)[O-])cn3)C2)c(O)c1. The maximum Gasteiger partial charge on any atom is 0.287 e. The lowest BCUT2D eigenvalue weighted by molar-refractivity contribution is -0.385. The highest BCUT2D eigenvalue weighted by Gasteiger charge is 2.28. The van der Waals surface area contributed by atoms with Gasteiger partial charge in [0.05, 0.1) is 10.5 Å². The first kappa shape index (κ1) is 16.7. The summed E-state index contributed by atoms with van der Waals surface area (Å²) in [5.41, 5.74) is 1.11. The van der Waals surface area contributed by atoms with E-state index in [1.165, 1.54) is 12.3 Å². The Morgan fingerprint density at radius 3 is 2.84 bits per heavy atom. The number of carbonyl (C=O) groups is 1. The van der Waals surface area contributed by atoms with Crippen LogP contribution in [0.25, 0.3) is 0 Å². The number of amides is 1. The van der Waals surface area contributed by atoms with Crippen molar-refractivity contribution < 1.29 is 14.8 Å². The molecular formula is C17H18N4O4. The molecule has 1 fully saturated rings. The van der Waals surface area contributed by atoms with E-state index >= 15 is 0 Å². The predicted molar refractivity (Wildman–Crippen MR) is 91.7 cm³/mol. The van der Waals surface area contributed by atoms with Gasteiger partial charge in [-0.05, 0) is 37.1 Å². The molecule has 1 unspecified atom stereocenters. The zero-order valence-electron chi connectivity index (χ0n) is 13.7. The fraction of sp³-hybridized carbons (Fsp3) is 0.294. The highest BCUT2D eigenvalue weighted by atomic mass is 16.6. The van der Waals surface area contributed by atoms with E-state index in [9.17, 15) is 20.0 Å². The van der Waals surface area contributed by atoms with E-state index in [1.54, 1.807) is 29.2 Å². The Labute approximate surface area is 144 Å². The third-order valence-electron chi connectivity index (χ3n) is 4.17. The zero-order valence-corrected chi connectivity index (χ0v) is 13.7. The number of anilines is 1. The van der Waals surface area contributed by atoms with Gasteiger partial charge in [0, 0.05) is 25.2 Å². The van der Waals surface area contributed by atoms with Crippen LogP contribution in [0.15, 0.2) is 36.5 Å². The average Bonchev–Trinajstić information content (AvgIpc) is 3.03. The number of hydrogen-bond donors (Lipinski definition) is 2. The molecule has 130 valence electrons. The van der Waals surface area contributed by atoms with Gasteiger partial charge in [0.25, 0.3) is 11.6 Å². The van der Waals surface area contributed by atoms with Crippen molar-refractivity contribution in [3.8, 4) is 5.75 Å². The molecule has 1 aliphatic rings. The Morgan fingerprint density at radius 2 is 2.20 bits per heavy atom. The van der Waals surface area contributed by atoms with E-state index in [4.69, 9.17) is 0 Å². The van der Waals surface area contributed by atoms with Gasteiger partial charge >= 0.3 is 0 Å². The lowest BCUT2D eigenvalue weighted by Crippen LogP contribution is -2.31. The largest absolute Gasteiger partial charge is 0.507 e. The van der Waals surface area contributed by atoms with Crippen LogP contribution in [0.4, 0.5) is 11.5 Å². The number of carbonyl (C=O) groups excluding carboxylic acids is 1. The number of nitrogens with zero attached hydrogens (tertiary/aromatic N) is 3. The second-order valence-electron chi connectivity index (χ2n) is 6.06. The average molecular weight is 342 g/mol. The molecule has 1 aliphatic heterocycles. The quantitative estimate of drug-likeness (QED) is 0.652. The van der Waals surface area contributed by atoms with Gasteiger partial charge in [0.15, 0.2) is 0 Å². The van der Waals surface area contributed by atoms with Gasteiger partial charge in [0.1, 0.15) is 17.8 Å². The monoisotopic (exact) mass is 342 g/mol. The van der Waals surface area contributed by atoms with Crippen LogP contribution in [-0.2, 0) is 0 Å². The summed E-state index contributed by atoms with van der Waals surface area (Å²) in [6, 6.07) is 7.93. The molecule has 8 heteroatoms. The molecular weight excluding hydrogens is 324 g/mol. The van der Waals surface area contributed by atoms with Crippen LogP contribution in [0.2, 0.25) is 0 Å². The van der Waals surface area contributed by atoms with Gasteiger partial charge in [-0.2, -0.15) is 0 Å². The maximum absolute atomic E-state index is 12.5. The number of phenolic OH excluding ortho intramolecular Hbond substituents is 1. The van der Waals surface area contributed by atoms with Crippen LogP contribution >= 0.6 is 0 Å². The summed E-state index contributed by atoms with van der Waals surface area (Å²) in [7, 11) is 0. The van der Waals surface area contributed by atoms with Crippen molar-refractivity contribution in [2.24, 2.45) is 0 Å².